The van der Waals surface area contributed by atoms with E-state index < -0.39 is 0 Å². The smallest absolute Gasteiger partial charge is 0.276 e. The van der Waals surface area contributed by atoms with E-state index in [-0.39, 0.29) is 17.1 Å². The Labute approximate surface area is 165 Å². The van der Waals surface area contributed by atoms with Crippen molar-refractivity contribution in [1.29, 1.82) is 0 Å². The lowest BCUT2D eigenvalue weighted by Gasteiger charge is -2.36. The molecule has 0 bridgehead atoms. The Morgan fingerprint density at radius 1 is 1.14 bits per heavy atom. The van der Waals surface area contributed by atoms with Crippen molar-refractivity contribution in [1.82, 2.24) is 10.1 Å². The number of benzene rings is 1. The largest absolute Gasteiger partial charge is 0.368 e. The van der Waals surface area contributed by atoms with Gasteiger partial charge in [0.1, 0.15) is 11.6 Å². The molecule has 0 spiro atoms. The topological polar surface area (TPSA) is 49.6 Å². The normalized spacial score (nSPS) is 20.2. The molecule has 2 aliphatic rings. The fourth-order valence-corrected chi connectivity index (χ4v) is 4.28. The molecule has 1 saturated heterocycles. The number of piperazine rings is 1. The van der Waals surface area contributed by atoms with E-state index in [0.717, 1.165) is 49.4 Å². The minimum absolute atomic E-state index is 0.0293. The summed E-state index contributed by atoms with van der Waals surface area (Å²) >= 11 is 0. The predicted molar refractivity (Wildman–Crippen MR) is 106 cm³/mol. The van der Waals surface area contributed by atoms with Gasteiger partial charge in [0.15, 0.2) is 5.69 Å². The number of anilines is 1. The third-order valence-corrected chi connectivity index (χ3v) is 6.23. The molecule has 1 fully saturated rings. The molecular formula is C22H28FN3O2. The molecule has 0 saturated carbocycles. The molecular weight excluding hydrogens is 357 g/mol. The number of aromatic nitrogens is 1. The van der Waals surface area contributed by atoms with Crippen LogP contribution in [0.25, 0.3) is 0 Å². The van der Waals surface area contributed by atoms with Crippen LogP contribution in [0.2, 0.25) is 0 Å². The van der Waals surface area contributed by atoms with Crippen LogP contribution in [0.4, 0.5) is 10.1 Å². The molecule has 1 aromatic heterocycles. The summed E-state index contributed by atoms with van der Waals surface area (Å²) in [6.45, 7) is 9.47. The van der Waals surface area contributed by atoms with Crippen LogP contribution < -0.4 is 4.90 Å². The van der Waals surface area contributed by atoms with E-state index in [0.29, 0.717) is 24.7 Å². The van der Waals surface area contributed by atoms with Crippen molar-refractivity contribution in [3.05, 3.63) is 47.1 Å². The highest BCUT2D eigenvalue weighted by molar-refractivity contribution is 5.94. The average molecular weight is 385 g/mol. The molecule has 1 aliphatic carbocycles. The lowest BCUT2D eigenvalue weighted by Crippen LogP contribution is -2.49. The van der Waals surface area contributed by atoms with Crippen molar-refractivity contribution < 1.29 is 13.7 Å². The second kappa shape index (κ2) is 7.22. The highest BCUT2D eigenvalue weighted by Gasteiger charge is 2.35. The van der Waals surface area contributed by atoms with E-state index in [2.05, 4.69) is 30.8 Å². The Bertz CT molecular complexity index is 846. The Morgan fingerprint density at radius 3 is 2.46 bits per heavy atom. The summed E-state index contributed by atoms with van der Waals surface area (Å²) in [5.41, 5.74) is 2.70. The number of amides is 1. The Morgan fingerprint density at radius 2 is 1.82 bits per heavy atom. The number of fused-ring (bicyclic) bond motifs is 1. The van der Waals surface area contributed by atoms with Gasteiger partial charge in [0.2, 0.25) is 0 Å². The van der Waals surface area contributed by atoms with Gasteiger partial charge in [-0.05, 0) is 48.4 Å². The van der Waals surface area contributed by atoms with E-state index in [9.17, 15) is 9.18 Å². The predicted octanol–water partition coefficient (Wildman–Crippen LogP) is 3.93. The number of hydrogen-bond acceptors (Lipinski definition) is 4. The highest BCUT2D eigenvalue weighted by atomic mass is 19.1. The van der Waals surface area contributed by atoms with Crippen molar-refractivity contribution in [2.75, 3.05) is 31.1 Å². The van der Waals surface area contributed by atoms with Crippen LogP contribution in [0.3, 0.4) is 0 Å². The maximum Gasteiger partial charge on any atom is 0.276 e. The van der Waals surface area contributed by atoms with Crippen LogP contribution >= 0.6 is 0 Å². The molecule has 2 aromatic rings. The number of carbonyl (C=O) groups is 1. The summed E-state index contributed by atoms with van der Waals surface area (Å²) in [6, 6.07) is 6.52. The zero-order valence-corrected chi connectivity index (χ0v) is 16.9. The van der Waals surface area contributed by atoms with Crippen LogP contribution in [-0.2, 0) is 12.8 Å². The molecule has 4 rings (SSSR count). The van der Waals surface area contributed by atoms with Crippen LogP contribution in [0.1, 0.15) is 49.0 Å². The first kappa shape index (κ1) is 19.0. The lowest BCUT2D eigenvalue weighted by atomic mass is 9.71. The van der Waals surface area contributed by atoms with E-state index in [1.807, 2.05) is 4.90 Å². The molecule has 1 atom stereocenters. The summed E-state index contributed by atoms with van der Waals surface area (Å²) in [5.74, 6) is 1.15. The Balaban J connectivity index is 1.44. The zero-order valence-electron chi connectivity index (χ0n) is 16.9. The maximum absolute atomic E-state index is 13.1. The van der Waals surface area contributed by atoms with Crippen LogP contribution in [0, 0.1) is 17.2 Å². The number of nitrogens with zero attached hydrogens (tertiary/aromatic N) is 3. The number of halogens is 1. The molecule has 1 amide bonds. The van der Waals surface area contributed by atoms with Gasteiger partial charge in [-0.2, -0.15) is 0 Å². The summed E-state index contributed by atoms with van der Waals surface area (Å²) in [4.78, 5) is 17.1. The van der Waals surface area contributed by atoms with E-state index in [1.54, 1.807) is 12.1 Å². The molecule has 6 heteroatoms. The summed E-state index contributed by atoms with van der Waals surface area (Å²) < 4.78 is 18.6. The van der Waals surface area contributed by atoms with Gasteiger partial charge in [0.05, 0.1) is 0 Å². The van der Waals surface area contributed by atoms with Crippen molar-refractivity contribution >= 4 is 11.6 Å². The summed E-state index contributed by atoms with van der Waals surface area (Å²) in [6.07, 6.45) is 2.80. The average Bonchev–Trinajstić information content (AvgIpc) is 3.11. The zero-order chi connectivity index (χ0) is 19.9. The second-order valence-corrected chi connectivity index (χ2v) is 8.99. The van der Waals surface area contributed by atoms with Crippen LogP contribution in [0.15, 0.2) is 28.8 Å². The molecule has 1 aromatic carbocycles. The van der Waals surface area contributed by atoms with Crippen molar-refractivity contribution in [2.24, 2.45) is 11.3 Å². The summed E-state index contributed by atoms with van der Waals surface area (Å²) in [7, 11) is 0. The first-order valence-corrected chi connectivity index (χ1v) is 10.1. The standard InChI is InChI=1S/C22H28FN3O2/c1-22(2,3)15-4-9-19-18(14-15)20(24-28-19)21(27)26-12-10-25(11-13-26)17-7-5-16(23)6-8-17/h5-8,15H,4,9-14H2,1-3H3/t15-/m1/s1. The van der Waals surface area contributed by atoms with Gasteiger partial charge in [-0.1, -0.05) is 25.9 Å². The number of rotatable bonds is 2. The molecule has 0 radical (unpaired) electrons. The monoisotopic (exact) mass is 385 g/mol. The van der Waals surface area contributed by atoms with Crippen LogP contribution in [0.5, 0.6) is 0 Å². The molecule has 0 N–H and O–H groups in total. The third kappa shape index (κ3) is 3.64. The van der Waals surface area contributed by atoms with Gasteiger partial charge < -0.3 is 14.3 Å². The van der Waals surface area contributed by atoms with Gasteiger partial charge in [-0.3, -0.25) is 4.79 Å². The quantitative estimate of drug-likeness (QED) is 0.786. The van der Waals surface area contributed by atoms with Gasteiger partial charge in [-0.15, -0.1) is 0 Å². The molecule has 0 unspecified atom stereocenters. The number of aryl methyl sites for hydroxylation is 1. The maximum atomic E-state index is 13.1. The van der Waals surface area contributed by atoms with Gasteiger partial charge in [0.25, 0.3) is 5.91 Å². The molecule has 28 heavy (non-hydrogen) atoms. The Hall–Kier alpha value is -2.37. The van der Waals surface area contributed by atoms with E-state index >= 15 is 0 Å². The van der Waals surface area contributed by atoms with E-state index in [4.69, 9.17) is 4.52 Å². The van der Waals surface area contributed by atoms with Gasteiger partial charge in [-0.25, -0.2) is 4.39 Å². The molecule has 1 aliphatic heterocycles. The lowest BCUT2D eigenvalue weighted by molar-refractivity contribution is 0.0734. The van der Waals surface area contributed by atoms with Crippen LogP contribution in [-0.4, -0.2) is 42.1 Å². The van der Waals surface area contributed by atoms with Gasteiger partial charge in [0, 0.05) is 43.9 Å². The third-order valence-electron chi connectivity index (χ3n) is 6.23. The SMILES string of the molecule is CC(C)(C)[C@@H]1CCc2onc(C(=O)N3CCN(c4ccc(F)cc4)CC3)c2C1. The number of hydrogen-bond donors (Lipinski definition) is 0. The van der Waals surface area contributed by atoms with Gasteiger partial charge >= 0.3 is 0 Å². The fourth-order valence-electron chi connectivity index (χ4n) is 4.28. The second-order valence-electron chi connectivity index (χ2n) is 8.99. The molecule has 150 valence electrons. The van der Waals surface area contributed by atoms with Crippen molar-refractivity contribution in [3.63, 3.8) is 0 Å². The minimum atomic E-state index is -0.234. The molecule has 2 heterocycles. The highest BCUT2D eigenvalue weighted by Crippen LogP contribution is 2.38. The summed E-state index contributed by atoms with van der Waals surface area (Å²) in [5, 5.41) is 4.15. The first-order chi connectivity index (χ1) is 13.3. The minimum Gasteiger partial charge on any atom is -0.368 e. The number of carbonyl (C=O) groups excluding carboxylic acids is 1. The van der Waals surface area contributed by atoms with Crippen molar-refractivity contribution in [2.45, 2.75) is 40.0 Å². The fraction of sp³-hybridized carbons (Fsp3) is 0.545. The van der Waals surface area contributed by atoms with Crippen molar-refractivity contribution in [3.8, 4) is 0 Å². The van der Waals surface area contributed by atoms with E-state index in [1.165, 1.54) is 12.1 Å². The Kier molecular flexibility index (Phi) is 4.89. The molecule has 5 nitrogen and oxygen atoms in total. The first-order valence-electron chi connectivity index (χ1n) is 10.1.